The number of hydrogen-bond donors (Lipinski definition) is 4. The van der Waals surface area contributed by atoms with Gasteiger partial charge in [-0.25, -0.2) is 0 Å². The van der Waals surface area contributed by atoms with Crippen LogP contribution in [0.1, 0.15) is 27.7 Å². The molecule has 0 aliphatic carbocycles. The van der Waals surface area contributed by atoms with E-state index in [0.29, 0.717) is 0 Å². The molecule has 4 unspecified atom stereocenters. The first-order valence-electron chi connectivity index (χ1n) is 4.92. The predicted molar refractivity (Wildman–Crippen MR) is 85.0 cm³/mol. The summed E-state index contributed by atoms with van der Waals surface area (Å²) >= 11 is 0. The molecule has 0 radical (unpaired) electrons. The number of nitrogens with two attached hydrogens (primary N) is 4. The maximum absolute atomic E-state index is 5.43. The molecule has 4 atom stereocenters. The van der Waals surface area contributed by atoms with Gasteiger partial charge in [-0.05, 0) is 27.7 Å². The van der Waals surface area contributed by atoms with Gasteiger partial charge in [0.25, 0.3) is 0 Å². The standard InChI is InChI=1S/2C4H12N2S2/c2*1-3(5)7-8-4(2)6/h2*3-4H,5-6H2,1-2H3. The third-order valence-corrected chi connectivity index (χ3v) is 6.46. The molecule has 0 rings (SSSR count). The molecule has 0 heterocycles. The molecule has 4 nitrogen and oxygen atoms in total. The molecule has 0 saturated heterocycles. The molecule has 0 fully saturated rings. The van der Waals surface area contributed by atoms with E-state index < -0.39 is 0 Å². The van der Waals surface area contributed by atoms with E-state index in [9.17, 15) is 0 Å². The Balaban J connectivity index is 0. The minimum atomic E-state index is 0.186. The highest BCUT2D eigenvalue weighted by Gasteiger charge is 1.97. The van der Waals surface area contributed by atoms with Crippen LogP contribution in [0.15, 0.2) is 0 Å². The Labute approximate surface area is 115 Å². The first-order valence-corrected chi connectivity index (χ1v) is 9.47. The SMILES string of the molecule is CC(N)SSC(C)N.CC(N)SSC(C)N. The van der Waals surface area contributed by atoms with E-state index in [4.69, 9.17) is 22.9 Å². The largest absolute Gasteiger partial charge is 0.319 e. The Bertz CT molecular complexity index is 112. The van der Waals surface area contributed by atoms with Gasteiger partial charge in [0, 0.05) is 0 Å². The molecule has 0 saturated carbocycles. The molecule has 0 bridgehead atoms. The molecule has 8 N–H and O–H groups in total. The second kappa shape index (κ2) is 12.7. The zero-order valence-electron chi connectivity index (χ0n) is 10.3. The van der Waals surface area contributed by atoms with Crippen molar-refractivity contribution in [3.8, 4) is 0 Å². The van der Waals surface area contributed by atoms with Crippen LogP contribution in [0.25, 0.3) is 0 Å². The van der Waals surface area contributed by atoms with Crippen LogP contribution in [0.5, 0.6) is 0 Å². The average Bonchev–Trinajstić information content (AvgIpc) is 2.12. The maximum atomic E-state index is 5.43. The summed E-state index contributed by atoms with van der Waals surface area (Å²) in [6.07, 6.45) is 0. The van der Waals surface area contributed by atoms with Crippen LogP contribution in [0.4, 0.5) is 0 Å². The molecule has 8 heteroatoms. The van der Waals surface area contributed by atoms with Gasteiger partial charge in [-0.15, -0.1) is 0 Å². The summed E-state index contributed by atoms with van der Waals surface area (Å²) in [5, 5.41) is 0.744. The molecule has 16 heavy (non-hydrogen) atoms. The van der Waals surface area contributed by atoms with Gasteiger partial charge in [-0.3, -0.25) is 0 Å². The molecule has 0 aromatic rings. The zero-order chi connectivity index (χ0) is 13.1. The van der Waals surface area contributed by atoms with Gasteiger partial charge in [0.1, 0.15) is 0 Å². The van der Waals surface area contributed by atoms with Gasteiger partial charge in [-0.2, -0.15) is 0 Å². The Morgan fingerprint density at radius 1 is 0.500 bits per heavy atom. The Hall–Kier alpha value is 1.24. The van der Waals surface area contributed by atoms with E-state index >= 15 is 0 Å². The molecule has 0 aliphatic heterocycles. The van der Waals surface area contributed by atoms with Crippen molar-refractivity contribution in [2.75, 3.05) is 0 Å². The van der Waals surface area contributed by atoms with E-state index in [1.807, 2.05) is 27.7 Å². The molecule has 0 aliphatic rings. The van der Waals surface area contributed by atoms with Crippen molar-refractivity contribution in [1.82, 2.24) is 0 Å². The molecule has 100 valence electrons. The minimum absolute atomic E-state index is 0.186. The van der Waals surface area contributed by atoms with E-state index in [1.165, 1.54) is 0 Å². The Morgan fingerprint density at radius 2 is 0.625 bits per heavy atom. The van der Waals surface area contributed by atoms with E-state index in [2.05, 4.69) is 0 Å². The van der Waals surface area contributed by atoms with E-state index in [1.54, 1.807) is 43.2 Å². The highest BCUT2D eigenvalue weighted by molar-refractivity contribution is 8.77. The Morgan fingerprint density at radius 3 is 0.688 bits per heavy atom. The topological polar surface area (TPSA) is 104 Å². The van der Waals surface area contributed by atoms with Crippen molar-refractivity contribution < 1.29 is 0 Å². The van der Waals surface area contributed by atoms with Crippen LogP contribution in [-0.4, -0.2) is 21.5 Å². The van der Waals surface area contributed by atoms with Gasteiger partial charge in [-0.1, -0.05) is 43.2 Å². The number of rotatable bonds is 6. The molecular formula is C8H24N4S4. The van der Waals surface area contributed by atoms with Crippen molar-refractivity contribution in [1.29, 1.82) is 0 Å². The lowest BCUT2D eigenvalue weighted by atomic mass is 10.8. The highest BCUT2D eigenvalue weighted by atomic mass is 33.1. The molecule has 0 spiro atoms. The van der Waals surface area contributed by atoms with Crippen LogP contribution in [0.3, 0.4) is 0 Å². The van der Waals surface area contributed by atoms with Crippen LogP contribution >= 0.6 is 43.2 Å². The van der Waals surface area contributed by atoms with Gasteiger partial charge in [0.15, 0.2) is 0 Å². The fourth-order valence-corrected chi connectivity index (χ4v) is 3.15. The van der Waals surface area contributed by atoms with Gasteiger partial charge in [0.2, 0.25) is 0 Å². The highest BCUT2D eigenvalue weighted by Crippen LogP contribution is 2.26. The summed E-state index contributed by atoms with van der Waals surface area (Å²) in [7, 11) is 6.44. The van der Waals surface area contributed by atoms with E-state index in [-0.39, 0.29) is 21.5 Å². The normalized spacial score (nSPS) is 18.0. The van der Waals surface area contributed by atoms with Crippen molar-refractivity contribution >= 4 is 43.2 Å². The van der Waals surface area contributed by atoms with Crippen LogP contribution in [-0.2, 0) is 0 Å². The molecule has 0 amide bonds. The van der Waals surface area contributed by atoms with Crippen molar-refractivity contribution in [2.24, 2.45) is 22.9 Å². The average molecular weight is 305 g/mol. The lowest BCUT2D eigenvalue weighted by Crippen LogP contribution is -2.12. The summed E-state index contributed by atoms with van der Waals surface area (Å²) in [5.41, 5.74) is 21.7. The summed E-state index contributed by atoms with van der Waals surface area (Å²) in [6, 6.07) is 0. The fraction of sp³-hybridized carbons (Fsp3) is 1.00. The van der Waals surface area contributed by atoms with Gasteiger partial charge >= 0.3 is 0 Å². The fourth-order valence-electron chi connectivity index (χ4n) is 0.351. The van der Waals surface area contributed by atoms with E-state index in [0.717, 1.165) is 0 Å². The summed E-state index contributed by atoms with van der Waals surface area (Å²) in [4.78, 5) is 0. The maximum Gasteiger partial charge on any atom is 0.0583 e. The summed E-state index contributed by atoms with van der Waals surface area (Å²) < 4.78 is 0. The first-order chi connectivity index (χ1) is 7.25. The van der Waals surface area contributed by atoms with Crippen LogP contribution in [0.2, 0.25) is 0 Å². The lowest BCUT2D eigenvalue weighted by molar-refractivity contribution is 1.04. The van der Waals surface area contributed by atoms with Crippen LogP contribution in [0, 0.1) is 0 Å². The molecule has 0 aromatic carbocycles. The van der Waals surface area contributed by atoms with Crippen LogP contribution < -0.4 is 22.9 Å². The third-order valence-electron chi connectivity index (χ3n) is 0.718. The number of hydrogen-bond acceptors (Lipinski definition) is 8. The zero-order valence-corrected chi connectivity index (χ0v) is 13.5. The van der Waals surface area contributed by atoms with Gasteiger partial charge < -0.3 is 22.9 Å². The summed E-state index contributed by atoms with van der Waals surface area (Å²) in [5.74, 6) is 0. The van der Waals surface area contributed by atoms with Crippen molar-refractivity contribution in [3.05, 3.63) is 0 Å². The lowest BCUT2D eigenvalue weighted by Gasteiger charge is -2.05. The van der Waals surface area contributed by atoms with Gasteiger partial charge in [0.05, 0.1) is 21.5 Å². The van der Waals surface area contributed by atoms with Crippen molar-refractivity contribution in [2.45, 2.75) is 49.2 Å². The molecule has 0 aromatic heterocycles. The quantitative estimate of drug-likeness (QED) is 0.436. The first kappa shape index (κ1) is 19.6. The summed E-state index contributed by atoms with van der Waals surface area (Å²) in [6.45, 7) is 7.78. The second-order valence-electron chi connectivity index (χ2n) is 3.21. The minimum Gasteiger partial charge on any atom is -0.319 e. The van der Waals surface area contributed by atoms with Crippen molar-refractivity contribution in [3.63, 3.8) is 0 Å². The predicted octanol–water partition coefficient (Wildman–Crippen LogP) is 1.95. The smallest absolute Gasteiger partial charge is 0.0583 e. The monoisotopic (exact) mass is 304 g/mol. The third kappa shape index (κ3) is 24.5. The Kier molecular flexibility index (Phi) is 15.5. The molecular weight excluding hydrogens is 280 g/mol. The second-order valence-corrected chi connectivity index (χ2v) is 9.26.